The molecule has 0 aliphatic heterocycles. The summed E-state index contributed by atoms with van der Waals surface area (Å²) in [6.07, 6.45) is 68.8. The SMILES string of the molecule is CCCC/C=C\C/C=C\CCCCCCCC(=O)OCC(COC(=O)CCCCCCCCC/C=C\C/C=C\CCCCCC)OC(=O)CCCCCCC/C=C\C/C=C\CCCCCC. The standard InChI is InChI=1S/C60H104O6/c1-4-7-10-13-16-19-22-25-28-30-31-33-35-38-41-44-47-50-53-59(62)65-56-57(55-64-58(61)52-49-46-43-40-37-34-27-24-21-18-15-12-9-6-3)66-60(63)54-51-48-45-42-39-36-32-29-26-23-20-17-14-11-8-5-2/h15,18-20,22-24,27-30,32,57H,4-14,16-17,21,25-26,31,33-56H2,1-3H3/b18-15-,22-19-,23-20-,27-24-,30-28-,32-29-. The molecule has 0 radical (unpaired) electrons. The monoisotopic (exact) mass is 921 g/mol. The summed E-state index contributed by atoms with van der Waals surface area (Å²) < 4.78 is 16.8. The molecule has 0 bridgehead atoms. The van der Waals surface area contributed by atoms with E-state index in [2.05, 4.69) is 93.7 Å². The number of rotatable bonds is 50. The first-order valence-electron chi connectivity index (χ1n) is 27.9. The van der Waals surface area contributed by atoms with Crippen LogP contribution < -0.4 is 0 Å². The Balaban J connectivity index is 4.43. The van der Waals surface area contributed by atoms with Crippen molar-refractivity contribution < 1.29 is 28.6 Å². The molecule has 6 nitrogen and oxygen atoms in total. The number of hydrogen-bond donors (Lipinski definition) is 0. The van der Waals surface area contributed by atoms with Gasteiger partial charge in [0.1, 0.15) is 13.2 Å². The van der Waals surface area contributed by atoms with Gasteiger partial charge in [0, 0.05) is 19.3 Å². The summed E-state index contributed by atoms with van der Waals surface area (Å²) in [4.78, 5) is 38.1. The fourth-order valence-corrected chi connectivity index (χ4v) is 7.64. The molecule has 0 spiro atoms. The molecular formula is C60H104O6. The van der Waals surface area contributed by atoms with Gasteiger partial charge in [-0.05, 0) is 109 Å². The molecule has 0 aromatic carbocycles. The molecule has 0 N–H and O–H groups in total. The Hall–Kier alpha value is -3.15. The topological polar surface area (TPSA) is 78.9 Å². The van der Waals surface area contributed by atoms with Crippen molar-refractivity contribution in [3.8, 4) is 0 Å². The lowest BCUT2D eigenvalue weighted by Crippen LogP contribution is -2.30. The van der Waals surface area contributed by atoms with Crippen LogP contribution in [0.5, 0.6) is 0 Å². The number of esters is 3. The zero-order chi connectivity index (χ0) is 47.9. The fourth-order valence-electron chi connectivity index (χ4n) is 7.64. The van der Waals surface area contributed by atoms with Crippen LogP contribution in [0.2, 0.25) is 0 Å². The Labute approximate surface area is 408 Å². The molecular weight excluding hydrogens is 817 g/mol. The van der Waals surface area contributed by atoms with Crippen LogP contribution in [-0.2, 0) is 28.6 Å². The van der Waals surface area contributed by atoms with E-state index < -0.39 is 6.10 Å². The van der Waals surface area contributed by atoms with E-state index in [0.29, 0.717) is 19.3 Å². The molecule has 1 unspecified atom stereocenters. The summed E-state index contributed by atoms with van der Waals surface area (Å²) in [7, 11) is 0. The third kappa shape index (κ3) is 51.8. The van der Waals surface area contributed by atoms with Crippen molar-refractivity contribution in [2.24, 2.45) is 0 Å². The summed E-state index contributed by atoms with van der Waals surface area (Å²) in [6.45, 7) is 6.55. The van der Waals surface area contributed by atoms with Gasteiger partial charge in [-0.1, -0.05) is 216 Å². The molecule has 0 fully saturated rings. The molecule has 1 atom stereocenters. The van der Waals surface area contributed by atoms with E-state index in [1.165, 1.54) is 109 Å². The Kier molecular flexibility index (Phi) is 51.9. The summed E-state index contributed by atoms with van der Waals surface area (Å²) in [6, 6.07) is 0. The summed E-state index contributed by atoms with van der Waals surface area (Å²) in [5.74, 6) is -0.920. The van der Waals surface area contributed by atoms with E-state index in [1.54, 1.807) is 0 Å². The van der Waals surface area contributed by atoms with E-state index in [1.807, 2.05) is 0 Å². The minimum absolute atomic E-state index is 0.0898. The van der Waals surface area contributed by atoms with Crippen LogP contribution >= 0.6 is 0 Å². The molecule has 0 aliphatic carbocycles. The first kappa shape index (κ1) is 62.8. The van der Waals surface area contributed by atoms with E-state index >= 15 is 0 Å². The third-order valence-electron chi connectivity index (χ3n) is 11.9. The number of ether oxygens (including phenoxy) is 3. The number of unbranched alkanes of at least 4 members (excludes halogenated alkanes) is 27. The van der Waals surface area contributed by atoms with Gasteiger partial charge in [0.25, 0.3) is 0 Å². The van der Waals surface area contributed by atoms with E-state index in [9.17, 15) is 14.4 Å². The van der Waals surface area contributed by atoms with Gasteiger partial charge < -0.3 is 14.2 Å². The van der Waals surface area contributed by atoms with Crippen LogP contribution in [0.1, 0.15) is 271 Å². The van der Waals surface area contributed by atoms with Gasteiger partial charge in [-0.25, -0.2) is 0 Å². The second-order valence-corrected chi connectivity index (χ2v) is 18.5. The molecule has 0 amide bonds. The maximum absolute atomic E-state index is 12.8. The average molecular weight is 921 g/mol. The van der Waals surface area contributed by atoms with Crippen molar-refractivity contribution in [1.82, 2.24) is 0 Å². The fraction of sp³-hybridized carbons (Fsp3) is 0.750. The average Bonchev–Trinajstić information content (AvgIpc) is 3.31. The normalized spacial score (nSPS) is 12.6. The van der Waals surface area contributed by atoms with Gasteiger partial charge >= 0.3 is 17.9 Å². The van der Waals surface area contributed by atoms with Crippen LogP contribution in [0.4, 0.5) is 0 Å². The van der Waals surface area contributed by atoms with Crippen molar-refractivity contribution in [2.75, 3.05) is 13.2 Å². The highest BCUT2D eigenvalue weighted by Crippen LogP contribution is 2.14. The molecule has 0 saturated carbocycles. The summed E-state index contributed by atoms with van der Waals surface area (Å²) in [5.41, 5.74) is 0. The largest absolute Gasteiger partial charge is 0.462 e. The van der Waals surface area contributed by atoms with Crippen LogP contribution in [0.3, 0.4) is 0 Å². The lowest BCUT2D eigenvalue weighted by Gasteiger charge is -2.18. The van der Waals surface area contributed by atoms with Crippen molar-refractivity contribution in [2.45, 2.75) is 277 Å². The van der Waals surface area contributed by atoms with E-state index in [4.69, 9.17) is 14.2 Å². The van der Waals surface area contributed by atoms with Crippen molar-refractivity contribution in [3.63, 3.8) is 0 Å². The molecule has 0 rings (SSSR count). The minimum Gasteiger partial charge on any atom is -0.462 e. The highest BCUT2D eigenvalue weighted by molar-refractivity contribution is 5.71. The maximum atomic E-state index is 12.8. The van der Waals surface area contributed by atoms with Gasteiger partial charge in [0.15, 0.2) is 6.10 Å². The van der Waals surface area contributed by atoms with Gasteiger partial charge in [-0.2, -0.15) is 0 Å². The molecule has 0 aromatic rings. The van der Waals surface area contributed by atoms with Crippen molar-refractivity contribution in [1.29, 1.82) is 0 Å². The zero-order valence-corrected chi connectivity index (χ0v) is 43.4. The number of carbonyl (C=O) groups is 3. The Bertz CT molecular complexity index is 1240. The molecule has 0 aromatic heterocycles. The summed E-state index contributed by atoms with van der Waals surface area (Å²) in [5, 5.41) is 0. The smallest absolute Gasteiger partial charge is 0.306 e. The van der Waals surface area contributed by atoms with Crippen molar-refractivity contribution in [3.05, 3.63) is 72.9 Å². The van der Waals surface area contributed by atoms with E-state index in [0.717, 1.165) is 122 Å². The maximum Gasteiger partial charge on any atom is 0.306 e. The number of hydrogen-bond acceptors (Lipinski definition) is 6. The zero-order valence-electron chi connectivity index (χ0n) is 43.4. The molecule has 0 saturated heterocycles. The lowest BCUT2D eigenvalue weighted by molar-refractivity contribution is -0.167. The van der Waals surface area contributed by atoms with E-state index in [-0.39, 0.29) is 31.1 Å². The second kappa shape index (κ2) is 54.5. The Morgan fingerprint density at radius 3 is 0.879 bits per heavy atom. The second-order valence-electron chi connectivity index (χ2n) is 18.5. The number of carbonyl (C=O) groups excluding carboxylic acids is 3. The van der Waals surface area contributed by atoms with Crippen molar-refractivity contribution >= 4 is 17.9 Å². The summed E-state index contributed by atoms with van der Waals surface area (Å²) >= 11 is 0. The van der Waals surface area contributed by atoms with Gasteiger partial charge in [-0.15, -0.1) is 0 Å². The quantitative estimate of drug-likeness (QED) is 0.0262. The van der Waals surface area contributed by atoms with Crippen LogP contribution in [-0.4, -0.2) is 37.2 Å². The van der Waals surface area contributed by atoms with Crippen LogP contribution in [0, 0.1) is 0 Å². The molecule has 380 valence electrons. The molecule has 0 heterocycles. The lowest BCUT2D eigenvalue weighted by atomic mass is 10.1. The predicted octanol–water partition coefficient (Wildman–Crippen LogP) is 18.6. The minimum atomic E-state index is -0.792. The van der Waals surface area contributed by atoms with Crippen LogP contribution in [0.25, 0.3) is 0 Å². The molecule has 0 aliphatic rings. The van der Waals surface area contributed by atoms with Gasteiger partial charge in [0.05, 0.1) is 0 Å². The van der Waals surface area contributed by atoms with Crippen LogP contribution in [0.15, 0.2) is 72.9 Å². The van der Waals surface area contributed by atoms with Gasteiger partial charge in [0.2, 0.25) is 0 Å². The Morgan fingerprint density at radius 1 is 0.303 bits per heavy atom. The highest BCUT2D eigenvalue weighted by Gasteiger charge is 2.19. The third-order valence-corrected chi connectivity index (χ3v) is 11.9. The first-order valence-corrected chi connectivity index (χ1v) is 27.9. The van der Waals surface area contributed by atoms with Gasteiger partial charge in [-0.3, -0.25) is 14.4 Å². The molecule has 66 heavy (non-hydrogen) atoms. The highest BCUT2D eigenvalue weighted by atomic mass is 16.6. The Morgan fingerprint density at radius 2 is 0.561 bits per heavy atom. The first-order chi connectivity index (χ1) is 32.5. The predicted molar refractivity (Wildman–Crippen MR) is 284 cm³/mol. The number of allylic oxidation sites excluding steroid dienone is 12. The molecule has 6 heteroatoms.